The molecule has 0 aliphatic carbocycles. The van der Waals surface area contributed by atoms with E-state index in [0.717, 1.165) is 12.0 Å². The van der Waals surface area contributed by atoms with Gasteiger partial charge in [0.15, 0.2) is 11.5 Å². The van der Waals surface area contributed by atoms with Gasteiger partial charge in [-0.25, -0.2) is 0 Å². The maximum Gasteiger partial charge on any atom is 0.248 e. The van der Waals surface area contributed by atoms with Crippen molar-refractivity contribution in [1.82, 2.24) is 5.32 Å². The van der Waals surface area contributed by atoms with Crippen LogP contribution in [0.25, 0.3) is 0 Å². The Labute approximate surface area is 94.6 Å². The highest BCUT2D eigenvalue weighted by Gasteiger charge is 2.27. The molecule has 1 aromatic rings. The first-order chi connectivity index (χ1) is 7.76. The molecular formula is C12H14NO3. The van der Waals surface area contributed by atoms with Crippen molar-refractivity contribution in [3.8, 4) is 11.5 Å². The second-order valence-electron chi connectivity index (χ2n) is 3.68. The Morgan fingerprint density at radius 3 is 2.56 bits per heavy atom. The van der Waals surface area contributed by atoms with Gasteiger partial charge in [-0.05, 0) is 24.1 Å². The van der Waals surface area contributed by atoms with Crippen molar-refractivity contribution < 1.29 is 14.3 Å². The molecule has 1 aliphatic rings. The van der Waals surface area contributed by atoms with E-state index in [0.29, 0.717) is 18.0 Å². The van der Waals surface area contributed by atoms with Gasteiger partial charge in [0, 0.05) is 6.54 Å². The molecule has 4 heteroatoms. The van der Waals surface area contributed by atoms with Crippen molar-refractivity contribution in [2.24, 2.45) is 0 Å². The number of rotatable bonds is 3. The van der Waals surface area contributed by atoms with Crippen LogP contribution in [0, 0.1) is 0 Å². The number of methoxy groups -OCH3 is 2. The molecule has 0 aromatic heterocycles. The molecule has 1 saturated heterocycles. The maximum atomic E-state index is 11.5. The third-order valence-electron chi connectivity index (χ3n) is 2.79. The fraction of sp³-hybridized carbons (Fsp3) is 0.417. The quantitative estimate of drug-likeness (QED) is 0.772. The lowest BCUT2D eigenvalue weighted by Gasteiger charge is -2.11. The highest BCUT2D eigenvalue weighted by Crippen LogP contribution is 2.33. The lowest BCUT2D eigenvalue weighted by atomic mass is 9.97. The van der Waals surface area contributed by atoms with Crippen LogP contribution in [0.1, 0.15) is 17.9 Å². The predicted molar refractivity (Wildman–Crippen MR) is 58.9 cm³/mol. The molecule has 0 N–H and O–H groups in total. The Morgan fingerprint density at radius 1 is 1.25 bits per heavy atom. The van der Waals surface area contributed by atoms with Crippen LogP contribution >= 0.6 is 0 Å². The average Bonchev–Trinajstić information content (AvgIpc) is 2.74. The number of carbonyl (C=O) groups excluding carboxylic acids is 1. The van der Waals surface area contributed by atoms with Crippen LogP contribution in [0.3, 0.4) is 0 Å². The van der Waals surface area contributed by atoms with E-state index in [1.165, 1.54) is 0 Å². The fourth-order valence-electron chi connectivity index (χ4n) is 1.92. The van der Waals surface area contributed by atoms with Crippen LogP contribution in [0.15, 0.2) is 18.2 Å². The van der Waals surface area contributed by atoms with E-state index in [1.54, 1.807) is 14.2 Å². The molecule has 85 valence electrons. The summed E-state index contributed by atoms with van der Waals surface area (Å²) < 4.78 is 10.4. The summed E-state index contributed by atoms with van der Waals surface area (Å²) in [6.45, 7) is 0.623. The normalized spacial score (nSPS) is 19.4. The molecule has 0 bridgehead atoms. The maximum absolute atomic E-state index is 11.5. The van der Waals surface area contributed by atoms with E-state index in [1.807, 2.05) is 18.2 Å². The molecule has 1 heterocycles. The van der Waals surface area contributed by atoms with Crippen molar-refractivity contribution in [3.63, 3.8) is 0 Å². The monoisotopic (exact) mass is 220 g/mol. The van der Waals surface area contributed by atoms with Crippen LogP contribution in [0.2, 0.25) is 0 Å². The van der Waals surface area contributed by atoms with Gasteiger partial charge >= 0.3 is 0 Å². The molecule has 1 aromatic carbocycles. The van der Waals surface area contributed by atoms with Gasteiger partial charge in [-0.2, -0.15) is 0 Å². The first kappa shape index (κ1) is 10.8. The Bertz CT molecular complexity index is 403. The zero-order valence-corrected chi connectivity index (χ0v) is 9.40. The summed E-state index contributed by atoms with van der Waals surface area (Å²) in [5.41, 5.74) is 0.948. The molecule has 0 saturated carbocycles. The fourth-order valence-corrected chi connectivity index (χ4v) is 1.92. The lowest BCUT2D eigenvalue weighted by molar-refractivity contribution is -0.120. The van der Waals surface area contributed by atoms with Crippen molar-refractivity contribution in [2.45, 2.75) is 12.3 Å². The van der Waals surface area contributed by atoms with Gasteiger partial charge in [0.25, 0.3) is 0 Å². The molecule has 2 rings (SSSR count). The average molecular weight is 220 g/mol. The van der Waals surface area contributed by atoms with Gasteiger partial charge in [0.2, 0.25) is 5.91 Å². The Kier molecular flexibility index (Phi) is 2.99. The number of nitrogens with zero attached hydrogens (tertiary/aromatic N) is 1. The number of benzene rings is 1. The van der Waals surface area contributed by atoms with Crippen molar-refractivity contribution in [2.75, 3.05) is 20.8 Å². The topological polar surface area (TPSA) is 49.6 Å². The SMILES string of the molecule is COc1ccc(C2CC[N]C2=O)cc1OC. The number of hydrogen-bond acceptors (Lipinski definition) is 3. The van der Waals surface area contributed by atoms with Crippen molar-refractivity contribution in [3.05, 3.63) is 23.8 Å². The minimum atomic E-state index is -0.111. The molecule has 4 nitrogen and oxygen atoms in total. The first-order valence-corrected chi connectivity index (χ1v) is 5.19. The third-order valence-corrected chi connectivity index (χ3v) is 2.79. The minimum absolute atomic E-state index is 0.0350. The second kappa shape index (κ2) is 4.43. The van der Waals surface area contributed by atoms with E-state index in [-0.39, 0.29) is 11.8 Å². The van der Waals surface area contributed by atoms with Gasteiger partial charge in [-0.3, -0.25) is 10.1 Å². The predicted octanol–water partition coefficient (Wildman–Crippen LogP) is 1.32. The Hall–Kier alpha value is -1.71. The molecule has 1 aliphatic heterocycles. The van der Waals surface area contributed by atoms with E-state index in [2.05, 4.69) is 5.32 Å². The van der Waals surface area contributed by atoms with Gasteiger partial charge in [-0.15, -0.1) is 0 Å². The molecule has 16 heavy (non-hydrogen) atoms. The van der Waals surface area contributed by atoms with Gasteiger partial charge in [-0.1, -0.05) is 6.07 Å². The molecule has 1 atom stereocenters. The minimum Gasteiger partial charge on any atom is -0.493 e. The van der Waals surface area contributed by atoms with Gasteiger partial charge in [0.05, 0.1) is 20.1 Å². The highest BCUT2D eigenvalue weighted by molar-refractivity contribution is 5.85. The Balaban J connectivity index is 2.32. The zero-order valence-electron chi connectivity index (χ0n) is 9.40. The van der Waals surface area contributed by atoms with E-state index in [9.17, 15) is 4.79 Å². The summed E-state index contributed by atoms with van der Waals surface area (Å²) in [6.07, 6.45) is 0.786. The number of amides is 1. The van der Waals surface area contributed by atoms with E-state index < -0.39 is 0 Å². The molecule has 1 radical (unpaired) electrons. The number of carbonyl (C=O) groups is 1. The van der Waals surface area contributed by atoms with Crippen LogP contribution in [-0.2, 0) is 4.79 Å². The van der Waals surface area contributed by atoms with Crippen LogP contribution in [0.4, 0.5) is 0 Å². The second-order valence-corrected chi connectivity index (χ2v) is 3.68. The summed E-state index contributed by atoms with van der Waals surface area (Å²) in [7, 11) is 3.18. The van der Waals surface area contributed by atoms with Crippen molar-refractivity contribution >= 4 is 5.91 Å². The van der Waals surface area contributed by atoms with E-state index >= 15 is 0 Å². The summed E-state index contributed by atoms with van der Waals surface area (Å²) in [5.74, 6) is 1.18. The highest BCUT2D eigenvalue weighted by atomic mass is 16.5. The summed E-state index contributed by atoms with van der Waals surface area (Å²) in [6, 6.07) is 5.56. The standard InChI is InChI=1S/C12H14NO3/c1-15-10-4-3-8(7-11(10)16-2)9-5-6-13-12(9)14/h3-4,7,9H,5-6H2,1-2H3. The lowest BCUT2D eigenvalue weighted by Crippen LogP contribution is -2.11. The molecule has 1 fully saturated rings. The summed E-state index contributed by atoms with van der Waals surface area (Å²) >= 11 is 0. The van der Waals surface area contributed by atoms with E-state index in [4.69, 9.17) is 9.47 Å². The molecule has 0 spiro atoms. The van der Waals surface area contributed by atoms with Gasteiger partial charge in [0.1, 0.15) is 0 Å². The largest absolute Gasteiger partial charge is 0.493 e. The van der Waals surface area contributed by atoms with Gasteiger partial charge < -0.3 is 9.47 Å². The summed E-state index contributed by atoms with van der Waals surface area (Å²) in [5, 5.41) is 3.88. The number of ether oxygens (including phenoxy) is 2. The van der Waals surface area contributed by atoms with Crippen LogP contribution in [-0.4, -0.2) is 26.7 Å². The van der Waals surface area contributed by atoms with Crippen LogP contribution < -0.4 is 14.8 Å². The van der Waals surface area contributed by atoms with Crippen LogP contribution in [0.5, 0.6) is 11.5 Å². The zero-order chi connectivity index (χ0) is 11.5. The van der Waals surface area contributed by atoms with Crippen molar-refractivity contribution in [1.29, 1.82) is 0 Å². The smallest absolute Gasteiger partial charge is 0.248 e. The number of hydrogen-bond donors (Lipinski definition) is 0. The summed E-state index contributed by atoms with van der Waals surface area (Å²) in [4.78, 5) is 11.5. The molecule has 1 unspecified atom stereocenters. The molecular weight excluding hydrogens is 206 g/mol. The molecule has 1 amide bonds. The third kappa shape index (κ3) is 1.83. The first-order valence-electron chi connectivity index (χ1n) is 5.19. The Morgan fingerprint density at radius 2 is 2.00 bits per heavy atom.